The highest BCUT2D eigenvalue weighted by Crippen LogP contribution is 2.60. The zero-order valence-electron chi connectivity index (χ0n) is 19.7. The predicted molar refractivity (Wildman–Crippen MR) is 113 cm³/mol. The van der Waals surface area contributed by atoms with Crippen molar-refractivity contribution in [2.75, 3.05) is 26.3 Å². The van der Waals surface area contributed by atoms with Crippen LogP contribution in [0.15, 0.2) is 0 Å². The number of amides is 1. The van der Waals surface area contributed by atoms with Crippen LogP contribution in [0.5, 0.6) is 0 Å². The van der Waals surface area contributed by atoms with Crippen molar-refractivity contribution in [1.82, 2.24) is 10.4 Å². The lowest BCUT2D eigenvalue weighted by Crippen LogP contribution is -2.70. The summed E-state index contributed by atoms with van der Waals surface area (Å²) in [5, 5.41) is 1.81. The Kier molecular flexibility index (Phi) is 6.43. The van der Waals surface area contributed by atoms with Crippen LogP contribution in [0.3, 0.4) is 0 Å². The lowest BCUT2D eigenvalue weighted by Gasteiger charge is -2.59. The average molecular weight is 469 g/mol. The first kappa shape index (κ1) is 23.4. The standard InChI is InChI=1S/C23H36N2O8/c1-14-4-5-17-15(2)20(29-19(27)7-6-18(26)24-25-10-12-28-13-11-25)30-21-23(17)16(14)8-9-22(3,31-21)32-33-23/h14-17,20-21H,4-13H2,1-3H3,(H,24,26)/t14-,15-,16?,17?,20-,21-,22?,23-/m1/s1. The Bertz CT molecular complexity index is 761. The third-order valence-electron chi connectivity index (χ3n) is 8.19. The van der Waals surface area contributed by atoms with Crippen LogP contribution < -0.4 is 5.43 Å². The van der Waals surface area contributed by atoms with E-state index in [4.69, 9.17) is 28.7 Å². The fraction of sp³-hybridized carbons (Fsp3) is 0.913. The van der Waals surface area contributed by atoms with Gasteiger partial charge in [-0.2, -0.15) is 0 Å². The Balaban J connectivity index is 1.22. The van der Waals surface area contributed by atoms with Gasteiger partial charge in [-0.3, -0.25) is 15.0 Å². The predicted octanol–water partition coefficient (Wildman–Crippen LogP) is 1.88. The quantitative estimate of drug-likeness (QED) is 0.478. The van der Waals surface area contributed by atoms with Gasteiger partial charge in [-0.25, -0.2) is 14.8 Å². The molecule has 8 atom stereocenters. The zero-order valence-corrected chi connectivity index (χ0v) is 19.7. The summed E-state index contributed by atoms with van der Waals surface area (Å²) in [6.07, 6.45) is 2.32. The molecular weight excluding hydrogens is 432 g/mol. The molecule has 1 amide bonds. The van der Waals surface area contributed by atoms with Crippen molar-refractivity contribution in [2.45, 2.75) is 83.3 Å². The maximum Gasteiger partial charge on any atom is 0.308 e. The summed E-state index contributed by atoms with van der Waals surface area (Å²) in [4.78, 5) is 36.7. The molecular formula is C23H36N2O8. The van der Waals surface area contributed by atoms with Gasteiger partial charge in [-0.1, -0.05) is 13.8 Å². The maximum absolute atomic E-state index is 12.6. The first-order valence-corrected chi connectivity index (χ1v) is 12.3. The zero-order chi connectivity index (χ0) is 23.2. The molecule has 1 saturated carbocycles. The molecule has 6 fully saturated rings. The normalized spacial score (nSPS) is 45.1. The van der Waals surface area contributed by atoms with Crippen LogP contribution in [-0.2, 0) is 38.3 Å². The molecule has 5 saturated heterocycles. The minimum Gasteiger partial charge on any atom is -0.435 e. The number of morpholine rings is 1. The lowest BCUT2D eigenvalue weighted by atomic mass is 9.58. The van der Waals surface area contributed by atoms with Crippen LogP contribution in [0.4, 0.5) is 0 Å². The molecule has 5 aliphatic heterocycles. The first-order valence-electron chi connectivity index (χ1n) is 12.3. The molecule has 1 aliphatic carbocycles. The second-order valence-electron chi connectivity index (χ2n) is 10.4. The highest BCUT2D eigenvalue weighted by Gasteiger charge is 2.69. The monoisotopic (exact) mass is 468 g/mol. The van der Waals surface area contributed by atoms with Crippen molar-refractivity contribution in [3.05, 3.63) is 0 Å². The molecule has 0 aromatic heterocycles. The Labute approximate surface area is 194 Å². The van der Waals surface area contributed by atoms with Gasteiger partial charge in [0, 0.05) is 37.8 Å². The van der Waals surface area contributed by atoms with Crippen molar-refractivity contribution >= 4 is 11.9 Å². The number of esters is 1. The Morgan fingerprint density at radius 3 is 2.64 bits per heavy atom. The molecule has 1 spiro atoms. The molecule has 33 heavy (non-hydrogen) atoms. The van der Waals surface area contributed by atoms with Gasteiger partial charge in [0.1, 0.15) is 0 Å². The minimum atomic E-state index is -0.871. The number of fused-ring (bicyclic) bond motifs is 2. The summed E-state index contributed by atoms with van der Waals surface area (Å²) in [6.45, 7) is 8.60. The summed E-state index contributed by atoms with van der Waals surface area (Å²) in [5.74, 6) is -0.811. The van der Waals surface area contributed by atoms with Crippen molar-refractivity contribution in [3.63, 3.8) is 0 Å². The van der Waals surface area contributed by atoms with E-state index in [1.165, 1.54) is 0 Å². The number of ether oxygens (including phenoxy) is 4. The van der Waals surface area contributed by atoms with Crippen molar-refractivity contribution in [1.29, 1.82) is 0 Å². The number of rotatable bonds is 5. The third-order valence-corrected chi connectivity index (χ3v) is 8.19. The van der Waals surface area contributed by atoms with E-state index in [1.807, 2.05) is 18.9 Å². The second-order valence-corrected chi connectivity index (χ2v) is 10.4. The fourth-order valence-electron chi connectivity index (χ4n) is 6.32. The molecule has 6 aliphatic rings. The second kappa shape index (κ2) is 9.05. The van der Waals surface area contributed by atoms with Gasteiger partial charge in [0.15, 0.2) is 11.9 Å². The molecule has 10 heteroatoms. The summed E-state index contributed by atoms with van der Waals surface area (Å²) in [6, 6.07) is 0. The van der Waals surface area contributed by atoms with Crippen LogP contribution >= 0.6 is 0 Å². The van der Waals surface area contributed by atoms with E-state index in [-0.39, 0.29) is 36.5 Å². The third kappa shape index (κ3) is 4.30. The molecule has 1 N–H and O–H groups in total. The number of nitrogens with one attached hydrogen (secondary N) is 1. The van der Waals surface area contributed by atoms with E-state index in [2.05, 4.69) is 12.3 Å². The van der Waals surface area contributed by atoms with Crippen molar-refractivity contribution in [3.8, 4) is 0 Å². The number of hydrogen-bond donors (Lipinski definition) is 1. The number of carbonyl (C=O) groups excluding carboxylic acids is 2. The molecule has 186 valence electrons. The number of hydrogen-bond acceptors (Lipinski definition) is 9. The van der Waals surface area contributed by atoms with Crippen molar-refractivity contribution in [2.24, 2.45) is 23.7 Å². The van der Waals surface area contributed by atoms with Gasteiger partial charge >= 0.3 is 5.97 Å². The van der Waals surface area contributed by atoms with Crippen LogP contribution in [-0.4, -0.2) is 67.2 Å². The topological polar surface area (TPSA) is 105 Å². The summed E-state index contributed by atoms with van der Waals surface area (Å²) in [5.41, 5.74) is 2.12. The molecule has 0 aromatic rings. The Morgan fingerprint density at radius 2 is 1.85 bits per heavy atom. The number of hydrazine groups is 1. The van der Waals surface area contributed by atoms with Gasteiger partial charge in [0.25, 0.3) is 0 Å². The molecule has 5 heterocycles. The van der Waals surface area contributed by atoms with Gasteiger partial charge in [0.2, 0.25) is 18.0 Å². The summed E-state index contributed by atoms with van der Waals surface area (Å²) < 4.78 is 23.6. The van der Waals surface area contributed by atoms with E-state index in [1.54, 1.807) is 0 Å². The first-order chi connectivity index (χ1) is 15.8. The van der Waals surface area contributed by atoms with Gasteiger partial charge < -0.3 is 18.9 Å². The fourth-order valence-corrected chi connectivity index (χ4v) is 6.32. The molecule has 2 bridgehead atoms. The minimum absolute atomic E-state index is 0.0128. The molecule has 0 aromatic carbocycles. The summed E-state index contributed by atoms with van der Waals surface area (Å²) >= 11 is 0. The van der Waals surface area contributed by atoms with E-state index in [0.29, 0.717) is 32.2 Å². The lowest BCUT2D eigenvalue weighted by molar-refractivity contribution is -0.576. The van der Waals surface area contributed by atoms with Crippen molar-refractivity contribution < 1.29 is 38.3 Å². The van der Waals surface area contributed by atoms with Gasteiger partial charge in [-0.05, 0) is 38.0 Å². The van der Waals surface area contributed by atoms with Crippen LogP contribution in [0.2, 0.25) is 0 Å². The highest BCUT2D eigenvalue weighted by molar-refractivity contribution is 5.80. The smallest absolute Gasteiger partial charge is 0.308 e. The van der Waals surface area contributed by atoms with E-state index >= 15 is 0 Å². The Hall–Kier alpha value is -1.30. The Morgan fingerprint density at radius 1 is 1.06 bits per heavy atom. The average Bonchev–Trinajstić information content (AvgIpc) is 3.02. The van der Waals surface area contributed by atoms with E-state index in [0.717, 1.165) is 25.7 Å². The SMILES string of the molecule is C[C@@H]1CCC2[C@@H](C)[C@H](OC(=O)CCC(=O)NN3CCOCC3)O[C@@H]3OC4(C)CCC1[C@@]23OO4. The van der Waals surface area contributed by atoms with E-state index < -0.39 is 29.9 Å². The van der Waals surface area contributed by atoms with Crippen LogP contribution in [0.1, 0.15) is 59.3 Å². The van der Waals surface area contributed by atoms with Gasteiger partial charge in [-0.15, -0.1) is 0 Å². The number of nitrogens with zero attached hydrogens (tertiary/aromatic N) is 1. The molecule has 3 unspecified atom stereocenters. The molecule has 6 rings (SSSR count). The summed E-state index contributed by atoms with van der Waals surface area (Å²) in [7, 11) is 0. The molecule has 0 radical (unpaired) electrons. The van der Waals surface area contributed by atoms with Gasteiger partial charge in [0.05, 0.1) is 19.6 Å². The molecule has 10 nitrogen and oxygen atoms in total. The van der Waals surface area contributed by atoms with Crippen LogP contribution in [0.25, 0.3) is 0 Å². The maximum atomic E-state index is 12.6. The largest absolute Gasteiger partial charge is 0.435 e. The highest BCUT2D eigenvalue weighted by atomic mass is 17.3. The number of carbonyl (C=O) groups is 2. The van der Waals surface area contributed by atoms with Crippen LogP contribution in [0, 0.1) is 23.7 Å². The van der Waals surface area contributed by atoms with E-state index in [9.17, 15) is 9.59 Å².